The number of nitrogens with one attached hydrogen (secondary N) is 2. The molecule has 0 fully saturated rings. The van der Waals surface area contributed by atoms with Gasteiger partial charge in [0.2, 0.25) is 0 Å². The quantitative estimate of drug-likeness (QED) is 0.683. The van der Waals surface area contributed by atoms with E-state index >= 15 is 0 Å². The van der Waals surface area contributed by atoms with Crippen LogP contribution in [0.4, 0.5) is 0 Å². The van der Waals surface area contributed by atoms with E-state index in [4.69, 9.17) is 5.11 Å². The summed E-state index contributed by atoms with van der Waals surface area (Å²) in [6, 6.07) is 8.18. The molecule has 0 aliphatic rings. The summed E-state index contributed by atoms with van der Waals surface area (Å²) in [5, 5.41) is 13.1. The molecule has 5 heteroatoms. The molecule has 17 heavy (non-hydrogen) atoms. The number of hydrogen-bond acceptors (Lipinski definition) is 4. The minimum atomic E-state index is 0.173. The topological polar surface area (TPSA) is 60.9 Å². The molecular formula is C12H17N3OS. The fraction of sp³-hybridized carbons (Fsp3) is 0.417. The molecule has 0 aliphatic carbocycles. The van der Waals surface area contributed by atoms with Gasteiger partial charge in [-0.3, -0.25) is 0 Å². The highest BCUT2D eigenvalue weighted by Crippen LogP contribution is 2.19. The number of thioether (sulfide) groups is 1. The standard InChI is InChI=1S/C12H17N3OS/c1-13-9(8-16)6-7-17-12-14-10-4-2-3-5-11(10)15-12/h2-5,9,13,16H,6-8H2,1H3,(H,14,15). The van der Waals surface area contributed by atoms with Crippen LogP contribution in [-0.2, 0) is 0 Å². The van der Waals surface area contributed by atoms with Crippen LogP contribution in [0.2, 0.25) is 0 Å². The highest BCUT2D eigenvalue weighted by Gasteiger charge is 2.06. The van der Waals surface area contributed by atoms with Crippen molar-refractivity contribution >= 4 is 22.8 Å². The molecule has 0 aliphatic heterocycles. The van der Waals surface area contributed by atoms with Crippen molar-refractivity contribution < 1.29 is 5.11 Å². The average molecular weight is 251 g/mol. The molecule has 0 bridgehead atoms. The third-order valence-electron chi connectivity index (χ3n) is 2.70. The number of hydrogen-bond donors (Lipinski definition) is 3. The molecule has 0 radical (unpaired) electrons. The van der Waals surface area contributed by atoms with Crippen molar-refractivity contribution in [2.75, 3.05) is 19.4 Å². The van der Waals surface area contributed by atoms with E-state index in [1.165, 1.54) is 0 Å². The zero-order valence-electron chi connectivity index (χ0n) is 9.81. The van der Waals surface area contributed by atoms with E-state index in [9.17, 15) is 0 Å². The smallest absolute Gasteiger partial charge is 0.166 e. The Balaban J connectivity index is 1.90. The molecule has 0 amide bonds. The lowest BCUT2D eigenvalue weighted by Gasteiger charge is -2.11. The number of nitrogens with zero attached hydrogens (tertiary/aromatic N) is 1. The average Bonchev–Trinajstić information content (AvgIpc) is 2.77. The Hall–Kier alpha value is -1.04. The molecular weight excluding hydrogens is 234 g/mol. The van der Waals surface area contributed by atoms with Gasteiger partial charge in [0.1, 0.15) is 0 Å². The Morgan fingerprint density at radius 1 is 1.47 bits per heavy atom. The maximum atomic E-state index is 9.04. The highest BCUT2D eigenvalue weighted by molar-refractivity contribution is 7.99. The summed E-state index contributed by atoms with van der Waals surface area (Å²) in [6.07, 6.45) is 0.925. The fourth-order valence-electron chi connectivity index (χ4n) is 1.62. The molecule has 4 nitrogen and oxygen atoms in total. The number of aliphatic hydroxyl groups excluding tert-OH is 1. The van der Waals surface area contributed by atoms with Gasteiger partial charge < -0.3 is 15.4 Å². The van der Waals surface area contributed by atoms with Crippen molar-refractivity contribution in [1.29, 1.82) is 0 Å². The summed E-state index contributed by atoms with van der Waals surface area (Å²) >= 11 is 1.69. The first-order chi connectivity index (χ1) is 8.33. The van der Waals surface area contributed by atoms with Gasteiger partial charge >= 0.3 is 0 Å². The van der Waals surface area contributed by atoms with E-state index in [0.29, 0.717) is 0 Å². The van der Waals surface area contributed by atoms with Gasteiger partial charge in [0, 0.05) is 11.8 Å². The Bertz CT molecular complexity index is 434. The Morgan fingerprint density at radius 3 is 3.00 bits per heavy atom. The van der Waals surface area contributed by atoms with Crippen LogP contribution in [-0.4, -0.2) is 40.5 Å². The second-order valence-electron chi connectivity index (χ2n) is 3.86. The van der Waals surface area contributed by atoms with Crippen molar-refractivity contribution in [3.05, 3.63) is 24.3 Å². The molecule has 1 heterocycles. The normalized spacial score (nSPS) is 13.1. The first kappa shape index (κ1) is 12.4. The Kier molecular flexibility index (Phi) is 4.42. The number of benzene rings is 1. The van der Waals surface area contributed by atoms with E-state index in [1.54, 1.807) is 11.8 Å². The zero-order chi connectivity index (χ0) is 12.1. The van der Waals surface area contributed by atoms with Crippen LogP contribution in [0, 0.1) is 0 Å². The number of imidazole rings is 1. The van der Waals surface area contributed by atoms with E-state index in [0.717, 1.165) is 28.4 Å². The molecule has 2 rings (SSSR count). The minimum Gasteiger partial charge on any atom is -0.395 e. The Labute approximate surface area is 105 Å². The van der Waals surface area contributed by atoms with Gasteiger partial charge in [-0.15, -0.1) is 0 Å². The van der Waals surface area contributed by atoms with E-state index in [2.05, 4.69) is 15.3 Å². The number of aromatic amines is 1. The summed E-state index contributed by atoms with van der Waals surface area (Å²) in [5.41, 5.74) is 2.07. The lowest BCUT2D eigenvalue weighted by molar-refractivity contribution is 0.246. The number of H-pyrrole nitrogens is 1. The number of aliphatic hydroxyl groups is 1. The maximum absolute atomic E-state index is 9.04. The van der Waals surface area contributed by atoms with E-state index in [-0.39, 0.29) is 12.6 Å². The zero-order valence-corrected chi connectivity index (χ0v) is 10.6. The van der Waals surface area contributed by atoms with Gasteiger partial charge in [0.15, 0.2) is 5.16 Å². The number of aromatic nitrogens is 2. The molecule has 92 valence electrons. The van der Waals surface area contributed by atoms with Crippen molar-refractivity contribution in [3.8, 4) is 0 Å². The predicted molar refractivity (Wildman–Crippen MR) is 71.4 cm³/mol. The van der Waals surface area contributed by atoms with E-state index in [1.807, 2.05) is 31.3 Å². The predicted octanol–water partition coefficient (Wildman–Crippen LogP) is 1.63. The lowest BCUT2D eigenvalue weighted by atomic mass is 10.2. The summed E-state index contributed by atoms with van der Waals surface area (Å²) in [7, 11) is 1.87. The molecule has 3 N–H and O–H groups in total. The fourth-order valence-corrected chi connectivity index (χ4v) is 2.56. The van der Waals surface area contributed by atoms with Crippen LogP contribution >= 0.6 is 11.8 Å². The van der Waals surface area contributed by atoms with Gasteiger partial charge in [0.25, 0.3) is 0 Å². The van der Waals surface area contributed by atoms with Gasteiger partial charge in [-0.2, -0.15) is 0 Å². The first-order valence-corrected chi connectivity index (χ1v) is 6.67. The summed E-state index contributed by atoms with van der Waals surface area (Å²) in [4.78, 5) is 7.76. The molecule has 2 aromatic rings. The minimum absolute atomic E-state index is 0.173. The largest absolute Gasteiger partial charge is 0.395 e. The van der Waals surface area contributed by atoms with Gasteiger partial charge in [0.05, 0.1) is 17.6 Å². The number of rotatable bonds is 6. The van der Waals surface area contributed by atoms with Gasteiger partial charge in [-0.1, -0.05) is 23.9 Å². The summed E-state index contributed by atoms with van der Waals surface area (Å²) < 4.78 is 0. The van der Waals surface area contributed by atoms with Crippen LogP contribution in [0.5, 0.6) is 0 Å². The highest BCUT2D eigenvalue weighted by atomic mass is 32.2. The SMILES string of the molecule is CNC(CO)CCSc1nc2ccccc2[nH]1. The van der Waals surface area contributed by atoms with Crippen LogP contribution in [0.25, 0.3) is 11.0 Å². The molecule has 0 spiro atoms. The molecule has 1 aromatic heterocycles. The Morgan fingerprint density at radius 2 is 2.29 bits per heavy atom. The third-order valence-corrected chi connectivity index (χ3v) is 3.61. The maximum Gasteiger partial charge on any atom is 0.166 e. The van der Waals surface area contributed by atoms with Crippen LogP contribution in [0.15, 0.2) is 29.4 Å². The number of fused-ring (bicyclic) bond motifs is 1. The first-order valence-electron chi connectivity index (χ1n) is 5.69. The van der Waals surface area contributed by atoms with Crippen molar-refractivity contribution in [2.24, 2.45) is 0 Å². The van der Waals surface area contributed by atoms with Crippen molar-refractivity contribution in [2.45, 2.75) is 17.6 Å². The lowest BCUT2D eigenvalue weighted by Crippen LogP contribution is -2.29. The van der Waals surface area contributed by atoms with Gasteiger partial charge in [-0.25, -0.2) is 4.98 Å². The second kappa shape index (κ2) is 6.05. The second-order valence-corrected chi connectivity index (χ2v) is 4.95. The summed E-state index contributed by atoms with van der Waals surface area (Å²) in [6.45, 7) is 0.178. The van der Waals surface area contributed by atoms with Gasteiger partial charge in [-0.05, 0) is 25.6 Å². The molecule has 0 saturated carbocycles. The third kappa shape index (κ3) is 3.21. The molecule has 1 unspecified atom stereocenters. The van der Waals surface area contributed by atoms with Crippen LogP contribution < -0.4 is 5.32 Å². The molecule has 1 aromatic carbocycles. The molecule has 0 saturated heterocycles. The van der Waals surface area contributed by atoms with Crippen molar-refractivity contribution in [3.63, 3.8) is 0 Å². The summed E-state index contributed by atoms with van der Waals surface area (Å²) in [5.74, 6) is 0.936. The monoisotopic (exact) mass is 251 g/mol. The van der Waals surface area contributed by atoms with Crippen molar-refractivity contribution in [1.82, 2.24) is 15.3 Å². The number of para-hydroxylation sites is 2. The van der Waals surface area contributed by atoms with Crippen LogP contribution in [0.1, 0.15) is 6.42 Å². The molecule has 1 atom stereocenters. The van der Waals surface area contributed by atoms with Crippen LogP contribution in [0.3, 0.4) is 0 Å². The number of likely N-dealkylation sites (N-methyl/N-ethyl adjacent to an activating group) is 1. The van der Waals surface area contributed by atoms with E-state index < -0.39 is 0 Å².